The van der Waals surface area contributed by atoms with Crippen LogP contribution in [0.4, 0.5) is 11.4 Å². The molecule has 1 aromatic heterocycles. The second-order valence-corrected chi connectivity index (χ2v) is 5.97. The molecule has 8 heteroatoms. The first-order valence-electron chi connectivity index (χ1n) is 7.33. The van der Waals surface area contributed by atoms with Gasteiger partial charge in [-0.3, -0.25) is 14.4 Å². The Labute approximate surface area is 143 Å². The minimum atomic E-state index is -0.245. The number of amides is 2. The molecule has 0 radical (unpaired) electrons. The second kappa shape index (κ2) is 8.42. The van der Waals surface area contributed by atoms with Crippen molar-refractivity contribution in [2.45, 2.75) is 19.9 Å². The third-order valence-electron chi connectivity index (χ3n) is 3.27. The van der Waals surface area contributed by atoms with Gasteiger partial charge in [0.25, 0.3) is 0 Å². The van der Waals surface area contributed by atoms with Crippen molar-refractivity contribution in [3.8, 4) is 0 Å². The molecule has 7 nitrogen and oxygen atoms in total. The van der Waals surface area contributed by atoms with Gasteiger partial charge >= 0.3 is 4.87 Å². The fourth-order valence-electron chi connectivity index (χ4n) is 2.08. The molecule has 0 aliphatic carbocycles. The van der Waals surface area contributed by atoms with E-state index in [2.05, 4.69) is 10.6 Å². The van der Waals surface area contributed by atoms with Crippen LogP contribution in [0.25, 0.3) is 0 Å². The SMILES string of the molecule is COCC(=O)Nc1ccc(NC(=O)CCn2c(C)csc2=O)cc1. The van der Waals surface area contributed by atoms with E-state index >= 15 is 0 Å². The van der Waals surface area contributed by atoms with Gasteiger partial charge in [-0.1, -0.05) is 11.3 Å². The normalized spacial score (nSPS) is 10.4. The topological polar surface area (TPSA) is 89.4 Å². The molecular weight excluding hydrogens is 330 g/mol. The standard InChI is InChI=1S/C16H19N3O4S/c1-11-10-24-16(22)19(11)8-7-14(20)17-12-3-5-13(6-4-12)18-15(21)9-23-2/h3-6,10H,7-9H2,1-2H3,(H,17,20)(H,18,21). The van der Waals surface area contributed by atoms with Gasteiger partial charge in [-0.25, -0.2) is 0 Å². The van der Waals surface area contributed by atoms with Crippen LogP contribution in [0.5, 0.6) is 0 Å². The fourth-order valence-corrected chi connectivity index (χ4v) is 2.84. The Bertz CT molecular complexity index is 764. The Balaban J connectivity index is 1.85. The summed E-state index contributed by atoms with van der Waals surface area (Å²) < 4.78 is 6.32. The molecule has 2 rings (SSSR count). The monoisotopic (exact) mass is 349 g/mol. The van der Waals surface area contributed by atoms with Crippen molar-refractivity contribution < 1.29 is 14.3 Å². The lowest BCUT2D eigenvalue weighted by Gasteiger charge is -2.08. The fraction of sp³-hybridized carbons (Fsp3) is 0.312. The Morgan fingerprint density at radius 2 is 1.71 bits per heavy atom. The summed E-state index contributed by atoms with van der Waals surface area (Å²) in [7, 11) is 1.45. The minimum Gasteiger partial charge on any atom is -0.375 e. The molecule has 0 aliphatic rings. The van der Waals surface area contributed by atoms with Crippen molar-refractivity contribution in [3.63, 3.8) is 0 Å². The van der Waals surface area contributed by atoms with Crippen molar-refractivity contribution >= 4 is 34.5 Å². The zero-order valence-corrected chi connectivity index (χ0v) is 14.3. The summed E-state index contributed by atoms with van der Waals surface area (Å²) in [4.78, 5) is 34.9. The van der Waals surface area contributed by atoms with Crippen LogP contribution in [-0.2, 0) is 20.9 Å². The third kappa shape index (κ3) is 5.04. The lowest BCUT2D eigenvalue weighted by Crippen LogP contribution is -2.20. The number of benzene rings is 1. The van der Waals surface area contributed by atoms with E-state index in [0.717, 1.165) is 17.0 Å². The lowest BCUT2D eigenvalue weighted by atomic mass is 10.2. The molecule has 24 heavy (non-hydrogen) atoms. The first kappa shape index (κ1) is 17.9. The quantitative estimate of drug-likeness (QED) is 0.798. The van der Waals surface area contributed by atoms with Gasteiger partial charge in [-0.2, -0.15) is 0 Å². The number of nitrogens with zero attached hydrogens (tertiary/aromatic N) is 1. The number of anilines is 2. The van der Waals surface area contributed by atoms with Crippen LogP contribution in [0.15, 0.2) is 34.4 Å². The molecule has 2 amide bonds. The first-order chi connectivity index (χ1) is 11.5. The average molecular weight is 349 g/mol. The molecule has 0 spiro atoms. The van der Waals surface area contributed by atoms with Gasteiger partial charge in [-0.05, 0) is 31.2 Å². The molecule has 0 atom stereocenters. The van der Waals surface area contributed by atoms with Crippen LogP contribution in [0.3, 0.4) is 0 Å². The van der Waals surface area contributed by atoms with Crippen LogP contribution in [0, 0.1) is 6.92 Å². The molecule has 128 valence electrons. The summed E-state index contributed by atoms with van der Waals surface area (Å²) in [5.74, 6) is -0.422. The zero-order chi connectivity index (χ0) is 17.5. The van der Waals surface area contributed by atoms with E-state index in [0.29, 0.717) is 17.9 Å². The number of methoxy groups -OCH3 is 1. The Kier molecular flexibility index (Phi) is 6.28. The molecule has 0 aliphatic heterocycles. The largest absolute Gasteiger partial charge is 0.375 e. The molecule has 0 fully saturated rings. The van der Waals surface area contributed by atoms with Crippen molar-refractivity contribution in [2.24, 2.45) is 0 Å². The molecular formula is C16H19N3O4S. The van der Waals surface area contributed by atoms with Gasteiger partial charge < -0.3 is 19.9 Å². The van der Waals surface area contributed by atoms with E-state index in [4.69, 9.17) is 4.74 Å². The summed E-state index contributed by atoms with van der Waals surface area (Å²) in [6.07, 6.45) is 0.212. The molecule has 2 N–H and O–H groups in total. The summed E-state index contributed by atoms with van der Waals surface area (Å²) in [5, 5.41) is 7.20. The van der Waals surface area contributed by atoms with Gasteiger partial charge in [-0.15, -0.1) is 0 Å². The number of aryl methyl sites for hydroxylation is 1. The van der Waals surface area contributed by atoms with Crippen molar-refractivity contribution in [1.29, 1.82) is 0 Å². The predicted octanol–water partition coefficient (Wildman–Crippen LogP) is 1.83. The van der Waals surface area contributed by atoms with Gasteiger partial charge in [0, 0.05) is 42.5 Å². The number of rotatable bonds is 7. The van der Waals surface area contributed by atoms with Gasteiger partial charge in [0.1, 0.15) is 6.61 Å². The predicted molar refractivity (Wildman–Crippen MR) is 93.5 cm³/mol. The number of hydrogen-bond acceptors (Lipinski definition) is 5. The highest BCUT2D eigenvalue weighted by Gasteiger charge is 2.07. The number of carbonyl (C=O) groups excluding carboxylic acids is 2. The van der Waals surface area contributed by atoms with E-state index in [1.807, 2.05) is 6.92 Å². The van der Waals surface area contributed by atoms with E-state index < -0.39 is 0 Å². The summed E-state index contributed by atoms with van der Waals surface area (Å²) in [6.45, 7) is 2.18. The molecule has 0 saturated carbocycles. The van der Waals surface area contributed by atoms with Crippen LogP contribution in [-0.4, -0.2) is 30.1 Å². The molecule has 2 aromatic rings. The Hall–Kier alpha value is -2.45. The van der Waals surface area contributed by atoms with Crippen molar-refractivity contribution in [2.75, 3.05) is 24.4 Å². The first-order valence-corrected chi connectivity index (χ1v) is 8.21. The van der Waals surface area contributed by atoms with Crippen LogP contribution in [0.1, 0.15) is 12.1 Å². The third-order valence-corrected chi connectivity index (χ3v) is 4.15. The maximum atomic E-state index is 12.0. The highest BCUT2D eigenvalue weighted by Crippen LogP contribution is 2.14. The minimum absolute atomic E-state index is 0.0140. The highest BCUT2D eigenvalue weighted by atomic mass is 32.1. The van der Waals surface area contributed by atoms with Crippen LogP contribution >= 0.6 is 11.3 Å². The number of ether oxygens (including phenoxy) is 1. The maximum absolute atomic E-state index is 12.0. The molecule has 0 unspecified atom stereocenters. The van der Waals surface area contributed by atoms with Crippen LogP contribution < -0.4 is 15.5 Å². The number of nitrogens with one attached hydrogen (secondary N) is 2. The molecule has 1 heterocycles. The molecule has 0 bridgehead atoms. The van der Waals surface area contributed by atoms with E-state index in [1.165, 1.54) is 7.11 Å². The number of carbonyl (C=O) groups is 2. The summed E-state index contributed by atoms with van der Waals surface area (Å²) in [6, 6.07) is 6.78. The number of thiazole rings is 1. The maximum Gasteiger partial charge on any atom is 0.307 e. The van der Waals surface area contributed by atoms with Gasteiger partial charge in [0.05, 0.1) is 0 Å². The van der Waals surface area contributed by atoms with Gasteiger partial charge in [0.2, 0.25) is 11.8 Å². The zero-order valence-electron chi connectivity index (χ0n) is 13.5. The molecule has 0 saturated heterocycles. The Morgan fingerprint density at radius 1 is 1.12 bits per heavy atom. The van der Waals surface area contributed by atoms with Crippen molar-refractivity contribution in [3.05, 3.63) is 45.0 Å². The Morgan fingerprint density at radius 3 is 2.21 bits per heavy atom. The summed E-state index contributed by atoms with van der Waals surface area (Å²) >= 11 is 1.13. The average Bonchev–Trinajstić information content (AvgIpc) is 2.86. The van der Waals surface area contributed by atoms with Crippen LogP contribution in [0.2, 0.25) is 0 Å². The lowest BCUT2D eigenvalue weighted by molar-refractivity contribution is -0.119. The van der Waals surface area contributed by atoms with E-state index in [1.54, 1.807) is 34.2 Å². The van der Waals surface area contributed by atoms with E-state index in [9.17, 15) is 14.4 Å². The number of hydrogen-bond donors (Lipinski definition) is 2. The second-order valence-electron chi connectivity index (χ2n) is 5.15. The van der Waals surface area contributed by atoms with Crippen molar-refractivity contribution in [1.82, 2.24) is 4.57 Å². The van der Waals surface area contributed by atoms with Gasteiger partial charge in [0.15, 0.2) is 0 Å². The highest BCUT2D eigenvalue weighted by molar-refractivity contribution is 7.07. The molecule has 1 aromatic carbocycles. The summed E-state index contributed by atoms with van der Waals surface area (Å²) in [5.41, 5.74) is 2.10. The number of aromatic nitrogens is 1. The van der Waals surface area contributed by atoms with E-state index in [-0.39, 0.29) is 29.7 Å². The smallest absolute Gasteiger partial charge is 0.307 e.